The molecule has 0 saturated carbocycles. The molecule has 8 heteroatoms. The topological polar surface area (TPSA) is 106 Å². The minimum absolute atomic E-state index is 0.0856. The Kier molecular flexibility index (Phi) is 10.6. The van der Waals surface area contributed by atoms with E-state index in [1.165, 1.54) is 0 Å². The molecule has 0 bridgehead atoms. The van der Waals surface area contributed by atoms with Crippen molar-refractivity contribution in [2.75, 3.05) is 19.7 Å². The van der Waals surface area contributed by atoms with Gasteiger partial charge in [0.15, 0.2) is 0 Å². The van der Waals surface area contributed by atoms with E-state index < -0.39 is 29.7 Å². The van der Waals surface area contributed by atoms with Crippen molar-refractivity contribution in [1.82, 2.24) is 16.0 Å². The van der Waals surface area contributed by atoms with Crippen LogP contribution >= 0.6 is 0 Å². The maximum absolute atomic E-state index is 11.9. The van der Waals surface area contributed by atoms with E-state index >= 15 is 0 Å². The average Bonchev–Trinajstić information content (AvgIpc) is 2.46. The summed E-state index contributed by atoms with van der Waals surface area (Å²) in [6, 6.07) is -1.41. The van der Waals surface area contributed by atoms with Gasteiger partial charge in [-0.2, -0.15) is 0 Å². The minimum atomic E-state index is -1.01. The van der Waals surface area contributed by atoms with E-state index in [2.05, 4.69) is 22.9 Å². The molecule has 0 radical (unpaired) electrons. The number of rotatable bonds is 9. The summed E-state index contributed by atoms with van der Waals surface area (Å²) in [5, 5.41) is 7.65. The van der Waals surface area contributed by atoms with Crippen LogP contribution in [-0.2, 0) is 14.3 Å². The fourth-order valence-corrected chi connectivity index (χ4v) is 1.72. The Bertz CT molecular complexity index is 407. The summed E-state index contributed by atoms with van der Waals surface area (Å²) in [6.07, 6.45) is 2.24. The Labute approximate surface area is 144 Å². The van der Waals surface area contributed by atoms with Gasteiger partial charge in [0, 0.05) is 6.54 Å². The maximum Gasteiger partial charge on any atom is 0.408 e. The lowest BCUT2D eigenvalue weighted by atomic mass is 10.2. The molecular formula is C16H31N3O5. The maximum atomic E-state index is 11.9. The molecule has 0 saturated heterocycles. The largest absolute Gasteiger partial charge is 0.464 e. The number of ether oxygens (including phenoxy) is 2. The van der Waals surface area contributed by atoms with Crippen molar-refractivity contribution >= 4 is 18.1 Å². The zero-order chi connectivity index (χ0) is 18.6. The molecular weight excluding hydrogens is 314 g/mol. The molecule has 3 N–H and O–H groups in total. The normalized spacial score (nSPS) is 12.0. The molecule has 140 valence electrons. The van der Waals surface area contributed by atoms with Crippen molar-refractivity contribution in [3.8, 4) is 0 Å². The van der Waals surface area contributed by atoms with Gasteiger partial charge >= 0.3 is 18.1 Å². The number of amides is 3. The second-order valence-electron chi connectivity index (χ2n) is 6.29. The number of nitrogens with one attached hydrogen (secondary N) is 3. The van der Waals surface area contributed by atoms with Crippen LogP contribution in [0.25, 0.3) is 0 Å². The average molecular weight is 345 g/mol. The van der Waals surface area contributed by atoms with E-state index in [4.69, 9.17) is 9.47 Å². The van der Waals surface area contributed by atoms with Gasteiger partial charge in [-0.05, 0) is 34.1 Å². The Morgan fingerprint density at radius 2 is 1.71 bits per heavy atom. The summed E-state index contributed by atoms with van der Waals surface area (Å²) in [5.41, 5.74) is -0.687. The third-order valence-electron chi connectivity index (χ3n) is 2.79. The van der Waals surface area contributed by atoms with Crippen LogP contribution < -0.4 is 16.0 Å². The van der Waals surface area contributed by atoms with Crippen LogP contribution in [0.5, 0.6) is 0 Å². The number of carbonyl (C=O) groups excluding carboxylic acids is 3. The van der Waals surface area contributed by atoms with Crippen molar-refractivity contribution in [2.24, 2.45) is 0 Å². The number of unbranched alkanes of at least 4 members (excludes halogenated alkanes) is 2. The van der Waals surface area contributed by atoms with Crippen LogP contribution in [0.4, 0.5) is 9.59 Å². The van der Waals surface area contributed by atoms with Crippen molar-refractivity contribution in [2.45, 2.75) is 65.5 Å². The zero-order valence-corrected chi connectivity index (χ0v) is 15.4. The SMILES string of the molecule is CCCCCNC(=O)NCC(NC(=O)OC(C)(C)C)C(=O)OCC. The second kappa shape index (κ2) is 11.5. The van der Waals surface area contributed by atoms with E-state index in [1.807, 2.05) is 0 Å². The predicted octanol–water partition coefficient (Wildman–Crippen LogP) is 1.93. The third kappa shape index (κ3) is 11.6. The first-order valence-electron chi connectivity index (χ1n) is 8.37. The molecule has 8 nitrogen and oxygen atoms in total. The Balaban J connectivity index is 4.43. The van der Waals surface area contributed by atoms with E-state index in [-0.39, 0.29) is 13.2 Å². The summed E-state index contributed by atoms with van der Waals surface area (Å²) >= 11 is 0. The summed E-state index contributed by atoms with van der Waals surface area (Å²) in [7, 11) is 0. The van der Waals surface area contributed by atoms with Crippen LogP contribution in [0.3, 0.4) is 0 Å². The van der Waals surface area contributed by atoms with Gasteiger partial charge in [-0.1, -0.05) is 19.8 Å². The van der Waals surface area contributed by atoms with E-state index in [9.17, 15) is 14.4 Å². The van der Waals surface area contributed by atoms with Gasteiger partial charge < -0.3 is 25.4 Å². The van der Waals surface area contributed by atoms with Crippen LogP contribution in [0.1, 0.15) is 53.9 Å². The van der Waals surface area contributed by atoms with Gasteiger partial charge in [0.1, 0.15) is 11.6 Å². The first kappa shape index (κ1) is 22.0. The molecule has 1 atom stereocenters. The summed E-state index contributed by atoms with van der Waals surface area (Å²) < 4.78 is 10.0. The van der Waals surface area contributed by atoms with E-state index in [0.717, 1.165) is 19.3 Å². The number of carbonyl (C=O) groups is 3. The molecule has 3 amide bonds. The standard InChI is InChI=1S/C16H31N3O5/c1-6-8-9-10-17-14(21)18-11-12(13(20)23-7-2)19-15(22)24-16(3,4)5/h12H,6-11H2,1-5H3,(H,19,22)(H2,17,18,21). The molecule has 0 rings (SSSR count). The van der Waals surface area contributed by atoms with E-state index in [1.54, 1.807) is 27.7 Å². The quantitative estimate of drug-likeness (QED) is 0.437. The Morgan fingerprint density at radius 3 is 2.25 bits per heavy atom. The first-order valence-corrected chi connectivity index (χ1v) is 8.37. The second-order valence-corrected chi connectivity index (χ2v) is 6.29. The molecule has 0 aromatic heterocycles. The lowest BCUT2D eigenvalue weighted by molar-refractivity contribution is -0.145. The molecule has 0 fully saturated rings. The molecule has 0 aromatic carbocycles. The van der Waals surface area contributed by atoms with E-state index in [0.29, 0.717) is 6.54 Å². The zero-order valence-electron chi connectivity index (χ0n) is 15.4. The molecule has 1 unspecified atom stereocenters. The predicted molar refractivity (Wildman–Crippen MR) is 90.7 cm³/mol. The fourth-order valence-electron chi connectivity index (χ4n) is 1.72. The summed E-state index contributed by atoms with van der Waals surface area (Å²) in [5.74, 6) is -0.630. The fraction of sp³-hybridized carbons (Fsp3) is 0.812. The highest BCUT2D eigenvalue weighted by Crippen LogP contribution is 2.06. The number of hydrogen-bond donors (Lipinski definition) is 3. The van der Waals surface area contributed by atoms with Crippen LogP contribution in [-0.4, -0.2) is 49.4 Å². The summed E-state index contributed by atoms with van der Waals surface area (Å²) in [4.78, 5) is 35.4. The molecule has 0 heterocycles. The molecule has 24 heavy (non-hydrogen) atoms. The highest BCUT2D eigenvalue weighted by molar-refractivity contribution is 5.82. The third-order valence-corrected chi connectivity index (χ3v) is 2.79. The van der Waals surface area contributed by atoms with Gasteiger partial charge in [0.25, 0.3) is 0 Å². The van der Waals surface area contributed by atoms with Gasteiger partial charge in [-0.3, -0.25) is 0 Å². The molecule has 0 aliphatic heterocycles. The number of urea groups is 1. The van der Waals surface area contributed by atoms with Crippen LogP contribution in [0.2, 0.25) is 0 Å². The number of esters is 1. The summed E-state index contributed by atoms with van der Waals surface area (Å²) in [6.45, 7) is 9.54. The van der Waals surface area contributed by atoms with Crippen molar-refractivity contribution in [3.05, 3.63) is 0 Å². The Morgan fingerprint density at radius 1 is 1.04 bits per heavy atom. The highest BCUT2D eigenvalue weighted by atomic mass is 16.6. The molecule has 0 aliphatic carbocycles. The number of alkyl carbamates (subject to hydrolysis) is 1. The van der Waals surface area contributed by atoms with Crippen LogP contribution in [0, 0.1) is 0 Å². The Hall–Kier alpha value is -1.99. The lowest BCUT2D eigenvalue weighted by Crippen LogP contribution is -2.51. The monoisotopic (exact) mass is 345 g/mol. The molecule has 0 spiro atoms. The number of hydrogen-bond acceptors (Lipinski definition) is 5. The van der Waals surface area contributed by atoms with Crippen LogP contribution in [0.15, 0.2) is 0 Å². The van der Waals surface area contributed by atoms with Gasteiger partial charge in [0.2, 0.25) is 0 Å². The first-order chi connectivity index (χ1) is 11.2. The van der Waals surface area contributed by atoms with Gasteiger partial charge in [-0.15, -0.1) is 0 Å². The van der Waals surface area contributed by atoms with Gasteiger partial charge in [-0.25, -0.2) is 14.4 Å². The highest BCUT2D eigenvalue weighted by Gasteiger charge is 2.25. The molecule has 0 aliphatic rings. The molecule has 0 aromatic rings. The minimum Gasteiger partial charge on any atom is -0.464 e. The van der Waals surface area contributed by atoms with Gasteiger partial charge in [0.05, 0.1) is 13.2 Å². The lowest BCUT2D eigenvalue weighted by Gasteiger charge is -2.23. The van der Waals surface area contributed by atoms with Crippen molar-refractivity contribution in [3.63, 3.8) is 0 Å². The van der Waals surface area contributed by atoms with Crippen molar-refractivity contribution in [1.29, 1.82) is 0 Å². The van der Waals surface area contributed by atoms with Crippen molar-refractivity contribution < 1.29 is 23.9 Å². The smallest absolute Gasteiger partial charge is 0.408 e.